The van der Waals surface area contributed by atoms with Crippen LogP contribution >= 0.6 is 0 Å². The van der Waals surface area contributed by atoms with E-state index in [4.69, 9.17) is 15.7 Å². The smallest absolute Gasteiger partial charge is 0.223 e. The average Bonchev–Trinajstić information content (AvgIpc) is 2.98. The molecule has 1 atom stereocenters. The molecule has 1 saturated carbocycles. The number of pyridine rings is 1. The summed E-state index contributed by atoms with van der Waals surface area (Å²) in [6.45, 7) is 1.27. The lowest BCUT2D eigenvalue weighted by atomic mass is 9.93. The maximum Gasteiger partial charge on any atom is 0.223 e. The van der Waals surface area contributed by atoms with Crippen LogP contribution in [0, 0.1) is 0 Å². The van der Waals surface area contributed by atoms with Crippen molar-refractivity contribution in [2.75, 3.05) is 11.9 Å². The molecule has 190 valence electrons. The molecule has 1 aliphatic rings. The van der Waals surface area contributed by atoms with E-state index in [9.17, 15) is 0 Å². The van der Waals surface area contributed by atoms with E-state index in [2.05, 4.69) is 58.1 Å². The molecule has 2 aromatic carbocycles. The molecule has 0 radical (unpaired) electrons. The van der Waals surface area contributed by atoms with Crippen molar-refractivity contribution < 1.29 is 0 Å². The summed E-state index contributed by atoms with van der Waals surface area (Å²) in [5.74, 6) is 0.634. The first kappa shape index (κ1) is 25.1. The molecule has 0 amide bonds. The van der Waals surface area contributed by atoms with Crippen LogP contribution in [0.3, 0.4) is 0 Å². The van der Waals surface area contributed by atoms with Crippen LogP contribution in [0.5, 0.6) is 0 Å². The molecular weight excluding hydrogens is 456 g/mol. The van der Waals surface area contributed by atoms with Crippen LogP contribution in [-0.4, -0.2) is 27.5 Å². The minimum atomic E-state index is 0.301. The van der Waals surface area contributed by atoms with Crippen molar-refractivity contribution in [2.24, 2.45) is 5.73 Å². The summed E-state index contributed by atoms with van der Waals surface area (Å²) in [6, 6.07) is 23.9. The van der Waals surface area contributed by atoms with Crippen LogP contribution < -0.4 is 16.4 Å². The van der Waals surface area contributed by atoms with Crippen molar-refractivity contribution in [2.45, 2.75) is 57.2 Å². The lowest BCUT2D eigenvalue weighted by molar-refractivity contribution is 0.332. The Kier molecular flexibility index (Phi) is 8.51. The van der Waals surface area contributed by atoms with Gasteiger partial charge in [-0.3, -0.25) is 4.98 Å². The van der Waals surface area contributed by atoms with E-state index in [0.717, 1.165) is 40.9 Å². The molecule has 0 saturated heterocycles. The number of hydrogen-bond donors (Lipinski definition) is 3. The van der Waals surface area contributed by atoms with Crippen LogP contribution in [0.1, 0.15) is 55.7 Å². The highest BCUT2D eigenvalue weighted by Crippen LogP contribution is 2.31. The number of nitrogens with zero attached hydrogens (tertiary/aromatic N) is 3. The molecule has 0 aliphatic heterocycles. The summed E-state index contributed by atoms with van der Waals surface area (Å²) >= 11 is 0. The molecule has 1 fully saturated rings. The second kappa shape index (κ2) is 12.6. The van der Waals surface area contributed by atoms with E-state index in [-0.39, 0.29) is 0 Å². The van der Waals surface area contributed by atoms with Gasteiger partial charge in [0.2, 0.25) is 5.95 Å². The highest BCUT2D eigenvalue weighted by molar-refractivity contribution is 5.80. The van der Waals surface area contributed by atoms with Gasteiger partial charge in [0.05, 0.1) is 5.69 Å². The SMILES string of the molecule is NCc1cccc(-c2cnc(NCC[C@H](NC3CCCCC3)c3ccccc3)nc2-c2ccncc2)c1. The van der Waals surface area contributed by atoms with Gasteiger partial charge in [-0.2, -0.15) is 0 Å². The summed E-state index contributed by atoms with van der Waals surface area (Å²) < 4.78 is 0. The second-order valence-electron chi connectivity index (χ2n) is 9.78. The standard InChI is InChI=1S/C31H36N6/c32-21-23-8-7-11-26(20-23)28-22-35-31(37-30(28)25-14-17-33-18-15-25)34-19-16-29(24-9-3-1-4-10-24)36-27-12-5-2-6-13-27/h1,3-4,7-11,14-15,17-18,20,22,27,29,36H,2,5-6,12-13,16,19,21,32H2,(H,34,35,37)/t29-/m0/s1. The Morgan fingerprint density at radius 1 is 0.892 bits per heavy atom. The normalized spacial score (nSPS) is 14.8. The van der Waals surface area contributed by atoms with E-state index >= 15 is 0 Å². The number of rotatable bonds is 10. The monoisotopic (exact) mass is 492 g/mol. The Hall–Kier alpha value is -3.61. The van der Waals surface area contributed by atoms with Gasteiger partial charge in [-0.15, -0.1) is 0 Å². The van der Waals surface area contributed by atoms with Crippen LogP contribution in [-0.2, 0) is 6.54 Å². The molecule has 1 aliphatic carbocycles. The molecule has 5 rings (SSSR count). The van der Waals surface area contributed by atoms with Crippen LogP contribution in [0.25, 0.3) is 22.4 Å². The molecule has 0 bridgehead atoms. The molecular formula is C31H36N6. The zero-order valence-corrected chi connectivity index (χ0v) is 21.3. The summed E-state index contributed by atoms with van der Waals surface area (Å²) in [4.78, 5) is 13.8. The quantitative estimate of drug-likeness (QED) is 0.247. The Bertz CT molecular complexity index is 1260. The molecule has 0 unspecified atom stereocenters. The Labute approximate surface area is 219 Å². The number of nitrogens with one attached hydrogen (secondary N) is 2. The fourth-order valence-corrected chi connectivity index (χ4v) is 5.19. The fraction of sp³-hybridized carbons (Fsp3) is 0.323. The molecule has 6 nitrogen and oxygen atoms in total. The largest absolute Gasteiger partial charge is 0.354 e. The molecule has 2 aromatic heterocycles. The van der Waals surface area contributed by atoms with Gasteiger partial charge in [-0.1, -0.05) is 67.8 Å². The third kappa shape index (κ3) is 6.59. The second-order valence-corrected chi connectivity index (χ2v) is 9.78. The molecule has 6 heteroatoms. The van der Waals surface area contributed by atoms with E-state index in [0.29, 0.717) is 24.6 Å². The van der Waals surface area contributed by atoms with Gasteiger partial charge in [-0.25, -0.2) is 9.97 Å². The Morgan fingerprint density at radius 3 is 2.49 bits per heavy atom. The minimum Gasteiger partial charge on any atom is -0.354 e. The highest BCUT2D eigenvalue weighted by atomic mass is 15.1. The Morgan fingerprint density at radius 2 is 1.70 bits per heavy atom. The molecule has 0 spiro atoms. The van der Waals surface area contributed by atoms with Crippen molar-refractivity contribution >= 4 is 5.95 Å². The topological polar surface area (TPSA) is 88.8 Å². The zero-order chi connectivity index (χ0) is 25.3. The minimum absolute atomic E-state index is 0.301. The summed E-state index contributed by atoms with van der Waals surface area (Å²) in [5, 5.41) is 7.43. The van der Waals surface area contributed by atoms with Crippen LogP contribution in [0.4, 0.5) is 5.95 Å². The predicted octanol–water partition coefficient (Wildman–Crippen LogP) is 6.13. The predicted molar refractivity (Wildman–Crippen MR) is 151 cm³/mol. The Balaban J connectivity index is 1.34. The lowest BCUT2D eigenvalue weighted by Gasteiger charge is -2.29. The van der Waals surface area contributed by atoms with Crippen molar-refractivity contribution in [3.05, 3.63) is 96.4 Å². The van der Waals surface area contributed by atoms with Gasteiger partial charge >= 0.3 is 0 Å². The number of benzene rings is 2. The number of hydrogen-bond acceptors (Lipinski definition) is 6. The summed E-state index contributed by atoms with van der Waals surface area (Å²) in [5.41, 5.74) is 12.2. The first-order valence-corrected chi connectivity index (χ1v) is 13.4. The molecule has 2 heterocycles. The van der Waals surface area contributed by atoms with Gasteiger partial charge in [0.25, 0.3) is 0 Å². The maximum absolute atomic E-state index is 5.90. The van der Waals surface area contributed by atoms with E-state index in [1.165, 1.54) is 37.7 Å². The zero-order valence-electron chi connectivity index (χ0n) is 21.3. The summed E-state index contributed by atoms with van der Waals surface area (Å²) in [7, 11) is 0. The molecule has 4 aromatic rings. The fourth-order valence-electron chi connectivity index (χ4n) is 5.19. The van der Waals surface area contributed by atoms with Crippen LogP contribution in [0.15, 0.2) is 85.3 Å². The lowest BCUT2D eigenvalue weighted by Crippen LogP contribution is -2.35. The van der Waals surface area contributed by atoms with E-state index < -0.39 is 0 Å². The third-order valence-electron chi connectivity index (χ3n) is 7.18. The number of anilines is 1. The average molecular weight is 493 g/mol. The van der Waals surface area contributed by atoms with Gasteiger partial charge < -0.3 is 16.4 Å². The van der Waals surface area contributed by atoms with E-state index in [1.807, 2.05) is 30.5 Å². The summed E-state index contributed by atoms with van der Waals surface area (Å²) in [6.07, 6.45) is 13.0. The van der Waals surface area contributed by atoms with Crippen molar-refractivity contribution in [3.63, 3.8) is 0 Å². The van der Waals surface area contributed by atoms with Gasteiger partial charge in [0.1, 0.15) is 0 Å². The van der Waals surface area contributed by atoms with E-state index in [1.54, 1.807) is 12.4 Å². The van der Waals surface area contributed by atoms with Gasteiger partial charge in [0.15, 0.2) is 0 Å². The van der Waals surface area contributed by atoms with Crippen molar-refractivity contribution in [1.82, 2.24) is 20.3 Å². The number of aromatic nitrogens is 3. The molecule has 4 N–H and O–H groups in total. The first-order valence-electron chi connectivity index (χ1n) is 13.4. The van der Waals surface area contributed by atoms with Gasteiger partial charge in [0, 0.05) is 54.9 Å². The van der Waals surface area contributed by atoms with Crippen LogP contribution in [0.2, 0.25) is 0 Å². The van der Waals surface area contributed by atoms with Crippen molar-refractivity contribution in [3.8, 4) is 22.4 Å². The molecule has 37 heavy (non-hydrogen) atoms. The highest BCUT2D eigenvalue weighted by Gasteiger charge is 2.19. The third-order valence-corrected chi connectivity index (χ3v) is 7.18. The first-order chi connectivity index (χ1) is 18.3. The van der Waals surface area contributed by atoms with Gasteiger partial charge in [-0.05, 0) is 54.2 Å². The van der Waals surface area contributed by atoms with Crippen molar-refractivity contribution in [1.29, 1.82) is 0 Å². The maximum atomic E-state index is 5.90. The number of nitrogens with two attached hydrogens (primary N) is 1.